The summed E-state index contributed by atoms with van der Waals surface area (Å²) >= 11 is 0. The van der Waals surface area contributed by atoms with Gasteiger partial charge in [0.2, 0.25) is 0 Å². The highest BCUT2D eigenvalue weighted by Gasteiger charge is 2.12. The fourth-order valence-corrected chi connectivity index (χ4v) is 3.04. The second-order valence-corrected chi connectivity index (χ2v) is 6.19. The molecule has 0 radical (unpaired) electrons. The van der Waals surface area contributed by atoms with Crippen molar-refractivity contribution >= 4 is 0 Å². The first-order chi connectivity index (χ1) is 12.8. The van der Waals surface area contributed by atoms with Crippen molar-refractivity contribution in [3.05, 3.63) is 96.7 Å². The summed E-state index contributed by atoms with van der Waals surface area (Å²) in [5.74, 6) is 0.858. The molecule has 4 aromatic rings. The normalized spacial score (nSPS) is 10.7. The molecule has 0 fully saturated rings. The van der Waals surface area contributed by atoms with Gasteiger partial charge in [-0.05, 0) is 34.9 Å². The number of nitrogens with zero attached hydrogens (tertiary/aromatic N) is 2. The predicted octanol–water partition coefficient (Wildman–Crippen LogP) is 5.33. The molecular weight excluding hydrogens is 320 g/mol. The number of hydrogen-bond acceptors (Lipinski definition) is 2. The summed E-state index contributed by atoms with van der Waals surface area (Å²) in [6, 6.07) is 28.9. The lowest BCUT2D eigenvalue weighted by Gasteiger charge is -2.14. The SMILES string of the molecule is Cn1nccc1-c1cc(-c2ccccc2)ccc1OCc1ccccc1. The number of aromatic nitrogens is 2. The summed E-state index contributed by atoms with van der Waals surface area (Å²) in [5, 5.41) is 4.32. The Bertz CT molecular complexity index is 991. The number of aryl methyl sites for hydroxylation is 1. The molecule has 0 aliphatic rings. The first kappa shape index (κ1) is 16.2. The monoisotopic (exact) mass is 340 g/mol. The molecule has 0 saturated heterocycles. The number of benzene rings is 3. The van der Waals surface area contributed by atoms with E-state index in [1.165, 1.54) is 5.56 Å². The van der Waals surface area contributed by atoms with Gasteiger partial charge in [0.25, 0.3) is 0 Å². The average Bonchev–Trinajstić information content (AvgIpc) is 3.13. The van der Waals surface area contributed by atoms with Gasteiger partial charge in [0.05, 0.1) is 5.69 Å². The smallest absolute Gasteiger partial charge is 0.129 e. The Kier molecular flexibility index (Phi) is 4.52. The third kappa shape index (κ3) is 3.38. The second-order valence-electron chi connectivity index (χ2n) is 6.19. The Hall–Kier alpha value is -3.33. The van der Waals surface area contributed by atoms with Crippen molar-refractivity contribution in [2.24, 2.45) is 7.05 Å². The summed E-state index contributed by atoms with van der Waals surface area (Å²) in [6.07, 6.45) is 1.81. The van der Waals surface area contributed by atoms with Gasteiger partial charge in [-0.3, -0.25) is 4.68 Å². The van der Waals surface area contributed by atoms with E-state index in [1.54, 1.807) is 0 Å². The fraction of sp³-hybridized carbons (Fsp3) is 0.0870. The molecule has 0 amide bonds. The van der Waals surface area contributed by atoms with E-state index >= 15 is 0 Å². The van der Waals surface area contributed by atoms with E-state index in [4.69, 9.17) is 4.74 Å². The molecule has 0 aliphatic heterocycles. The van der Waals surface area contributed by atoms with Gasteiger partial charge in [-0.25, -0.2) is 0 Å². The maximum Gasteiger partial charge on any atom is 0.129 e. The molecule has 3 aromatic carbocycles. The largest absolute Gasteiger partial charge is 0.488 e. The van der Waals surface area contributed by atoms with E-state index in [0.717, 1.165) is 28.1 Å². The van der Waals surface area contributed by atoms with Crippen LogP contribution < -0.4 is 4.74 Å². The van der Waals surface area contributed by atoms with E-state index < -0.39 is 0 Å². The van der Waals surface area contributed by atoms with E-state index in [0.29, 0.717) is 6.61 Å². The van der Waals surface area contributed by atoms with Crippen LogP contribution in [0.1, 0.15) is 5.56 Å². The van der Waals surface area contributed by atoms with Gasteiger partial charge in [0.1, 0.15) is 12.4 Å². The zero-order chi connectivity index (χ0) is 17.8. The Morgan fingerprint density at radius 2 is 1.54 bits per heavy atom. The minimum atomic E-state index is 0.538. The number of hydrogen-bond donors (Lipinski definition) is 0. The lowest BCUT2D eigenvalue weighted by Crippen LogP contribution is -2.00. The van der Waals surface area contributed by atoms with Gasteiger partial charge in [-0.1, -0.05) is 66.7 Å². The molecule has 0 saturated carbocycles. The molecule has 1 aromatic heterocycles. The van der Waals surface area contributed by atoms with Crippen molar-refractivity contribution in [3.8, 4) is 28.1 Å². The lowest BCUT2D eigenvalue weighted by molar-refractivity contribution is 0.307. The molecular formula is C23H20N2O. The average molecular weight is 340 g/mol. The molecule has 0 atom stereocenters. The molecule has 0 aliphatic carbocycles. The van der Waals surface area contributed by atoms with Gasteiger partial charge in [-0.2, -0.15) is 5.10 Å². The van der Waals surface area contributed by atoms with Crippen LogP contribution in [-0.4, -0.2) is 9.78 Å². The molecule has 4 rings (SSSR count). The summed E-state index contributed by atoms with van der Waals surface area (Å²) < 4.78 is 8.03. The van der Waals surface area contributed by atoms with Crippen LogP contribution in [0.25, 0.3) is 22.4 Å². The zero-order valence-electron chi connectivity index (χ0n) is 14.7. The first-order valence-electron chi connectivity index (χ1n) is 8.66. The Labute approximate surface area is 153 Å². The van der Waals surface area contributed by atoms with Gasteiger partial charge in [-0.15, -0.1) is 0 Å². The van der Waals surface area contributed by atoms with Crippen LogP contribution in [0.4, 0.5) is 0 Å². The minimum Gasteiger partial charge on any atom is -0.488 e. The first-order valence-corrected chi connectivity index (χ1v) is 8.66. The molecule has 3 nitrogen and oxygen atoms in total. The van der Waals surface area contributed by atoms with Gasteiger partial charge >= 0.3 is 0 Å². The van der Waals surface area contributed by atoms with Crippen molar-refractivity contribution in [2.75, 3.05) is 0 Å². The van der Waals surface area contributed by atoms with Gasteiger partial charge in [0.15, 0.2) is 0 Å². The highest BCUT2D eigenvalue weighted by molar-refractivity contribution is 5.76. The van der Waals surface area contributed by atoms with Crippen molar-refractivity contribution < 1.29 is 4.74 Å². The standard InChI is InChI=1S/C23H20N2O/c1-25-22(14-15-24-25)21-16-20(19-10-6-3-7-11-19)12-13-23(21)26-17-18-8-4-2-5-9-18/h2-16H,17H2,1H3. The van der Waals surface area contributed by atoms with Crippen molar-refractivity contribution in [2.45, 2.75) is 6.61 Å². The van der Waals surface area contributed by atoms with Crippen LogP contribution in [0.5, 0.6) is 5.75 Å². The van der Waals surface area contributed by atoms with Crippen LogP contribution in [0.2, 0.25) is 0 Å². The van der Waals surface area contributed by atoms with E-state index in [9.17, 15) is 0 Å². The van der Waals surface area contributed by atoms with E-state index in [2.05, 4.69) is 53.6 Å². The van der Waals surface area contributed by atoms with Crippen LogP contribution in [-0.2, 0) is 13.7 Å². The van der Waals surface area contributed by atoms with Gasteiger partial charge < -0.3 is 4.74 Å². The van der Waals surface area contributed by atoms with Crippen molar-refractivity contribution in [3.63, 3.8) is 0 Å². The highest BCUT2D eigenvalue weighted by Crippen LogP contribution is 2.34. The summed E-state index contributed by atoms with van der Waals surface area (Å²) in [6.45, 7) is 0.538. The Balaban J connectivity index is 1.72. The van der Waals surface area contributed by atoms with Crippen LogP contribution in [0.3, 0.4) is 0 Å². The third-order valence-electron chi connectivity index (χ3n) is 4.42. The van der Waals surface area contributed by atoms with Crippen molar-refractivity contribution in [1.82, 2.24) is 9.78 Å². The maximum atomic E-state index is 6.15. The molecule has 1 heterocycles. The van der Waals surface area contributed by atoms with Crippen molar-refractivity contribution in [1.29, 1.82) is 0 Å². The Morgan fingerprint density at radius 1 is 0.808 bits per heavy atom. The van der Waals surface area contributed by atoms with Crippen LogP contribution >= 0.6 is 0 Å². The van der Waals surface area contributed by atoms with Gasteiger partial charge in [0, 0.05) is 18.8 Å². The van der Waals surface area contributed by atoms with E-state index in [-0.39, 0.29) is 0 Å². The highest BCUT2D eigenvalue weighted by atomic mass is 16.5. The summed E-state index contributed by atoms with van der Waals surface area (Å²) in [7, 11) is 1.95. The molecule has 0 spiro atoms. The minimum absolute atomic E-state index is 0.538. The zero-order valence-corrected chi connectivity index (χ0v) is 14.7. The van der Waals surface area contributed by atoms with Crippen LogP contribution in [0.15, 0.2) is 91.1 Å². The topological polar surface area (TPSA) is 27.1 Å². The fourth-order valence-electron chi connectivity index (χ4n) is 3.04. The molecule has 26 heavy (non-hydrogen) atoms. The summed E-state index contributed by atoms with van der Waals surface area (Å²) in [5.41, 5.74) is 5.57. The number of ether oxygens (including phenoxy) is 1. The molecule has 3 heteroatoms. The second kappa shape index (κ2) is 7.28. The molecule has 0 unspecified atom stereocenters. The maximum absolute atomic E-state index is 6.15. The third-order valence-corrected chi connectivity index (χ3v) is 4.42. The molecule has 128 valence electrons. The summed E-state index contributed by atoms with van der Waals surface area (Å²) in [4.78, 5) is 0. The molecule has 0 N–H and O–H groups in total. The number of rotatable bonds is 5. The lowest BCUT2D eigenvalue weighted by atomic mass is 10.0. The quantitative estimate of drug-likeness (QED) is 0.491. The molecule has 0 bridgehead atoms. The Morgan fingerprint density at radius 3 is 2.23 bits per heavy atom. The van der Waals surface area contributed by atoms with Crippen LogP contribution in [0, 0.1) is 0 Å². The predicted molar refractivity (Wildman–Crippen MR) is 105 cm³/mol. The van der Waals surface area contributed by atoms with E-state index in [1.807, 2.05) is 54.3 Å².